The highest BCUT2D eigenvalue weighted by Crippen LogP contribution is 2.45. The third-order valence-electron chi connectivity index (χ3n) is 18.9. The molecule has 0 aromatic rings. The van der Waals surface area contributed by atoms with Crippen molar-refractivity contribution >= 4 is 39.5 Å². The minimum atomic E-state index is -4.96. The van der Waals surface area contributed by atoms with Gasteiger partial charge in [-0.05, 0) is 37.5 Å². The van der Waals surface area contributed by atoms with Gasteiger partial charge in [-0.3, -0.25) is 37.3 Å². The molecule has 0 spiro atoms. The van der Waals surface area contributed by atoms with E-state index in [1.54, 1.807) is 0 Å². The zero-order valence-electron chi connectivity index (χ0n) is 63.4. The average molecular weight is 1420 g/mol. The lowest BCUT2D eigenvalue weighted by molar-refractivity contribution is -0.161. The van der Waals surface area contributed by atoms with Gasteiger partial charge in [-0.15, -0.1) is 0 Å². The first-order valence-corrected chi connectivity index (χ1v) is 43.6. The van der Waals surface area contributed by atoms with Crippen LogP contribution in [0.3, 0.4) is 0 Å². The summed E-state index contributed by atoms with van der Waals surface area (Å²) >= 11 is 0. The molecule has 0 amide bonds. The number of carbonyl (C=O) groups is 4. The Bertz CT molecular complexity index is 1880. The fraction of sp³-hybridized carbons (Fsp3) is 0.949. The van der Waals surface area contributed by atoms with Gasteiger partial charge in [0.2, 0.25) is 0 Å². The molecule has 0 fully saturated rings. The number of ether oxygens (including phenoxy) is 4. The van der Waals surface area contributed by atoms with E-state index in [-0.39, 0.29) is 25.7 Å². The van der Waals surface area contributed by atoms with Gasteiger partial charge in [0.15, 0.2) is 12.2 Å². The molecule has 0 radical (unpaired) electrons. The normalized spacial score (nSPS) is 14.5. The standard InChI is InChI=1S/C78H152O17P2/c1-7-11-13-15-17-19-21-23-25-27-29-31-33-35-44-50-56-62-77(82)94-73(66-88-75(80)60-54-48-42-34-32-30-28-26-24-22-20-18-16-14-12-8-2)68-92-96(84,85)90-64-72(79)65-91-97(86,87)93-69-74(95-78(83)63-57-51-45-39-37-41-47-53-59-71(6)10-4)67-89-76(81)61-55-49-43-38-36-40-46-52-58-70(5)9-3/h70-74,79H,7-69H2,1-6H3,(H,84,85)(H,86,87)/t70?,71?,72-,73-,74-/m1/s1. The molecule has 0 saturated carbocycles. The molecule has 17 nitrogen and oxygen atoms in total. The van der Waals surface area contributed by atoms with Crippen LogP contribution in [0.25, 0.3) is 0 Å². The summed E-state index contributed by atoms with van der Waals surface area (Å²) in [6.07, 6.45) is 58.1. The summed E-state index contributed by atoms with van der Waals surface area (Å²) in [7, 11) is -9.92. The van der Waals surface area contributed by atoms with Gasteiger partial charge < -0.3 is 33.8 Å². The zero-order chi connectivity index (χ0) is 71.4. The minimum absolute atomic E-state index is 0.105. The summed E-state index contributed by atoms with van der Waals surface area (Å²) in [6, 6.07) is 0. The number of esters is 4. The summed E-state index contributed by atoms with van der Waals surface area (Å²) in [5, 5.41) is 10.6. The number of phosphoric acid groups is 2. The van der Waals surface area contributed by atoms with Gasteiger partial charge in [0, 0.05) is 25.7 Å². The molecule has 0 aromatic carbocycles. The highest BCUT2D eigenvalue weighted by atomic mass is 31.2. The van der Waals surface area contributed by atoms with E-state index in [1.165, 1.54) is 225 Å². The maximum atomic E-state index is 13.1. The first-order chi connectivity index (χ1) is 46.9. The van der Waals surface area contributed by atoms with E-state index < -0.39 is 97.5 Å². The van der Waals surface area contributed by atoms with Crippen molar-refractivity contribution in [2.24, 2.45) is 11.8 Å². The lowest BCUT2D eigenvalue weighted by atomic mass is 9.99. The lowest BCUT2D eigenvalue weighted by Gasteiger charge is -2.21. The summed E-state index contributed by atoms with van der Waals surface area (Å²) < 4.78 is 68.6. The summed E-state index contributed by atoms with van der Waals surface area (Å²) in [4.78, 5) is 72.9. The van der Waals surface area contributed by atoms with Gasteiger partial charge in [0.1, 0.15) is 19.3 Å². The molecule has 97 heavy (non-hydrogen) atoms. The van der Waals surface area contributed by atoms with Crippen LogP contribution in [-0.4, -0.2) is 96.7 Å². The third-order valence-corrected chi connectivity index (χ3v) is 20.8. The molecule has 0 aliphatic rings. The Hall–Kier alpha value is -1.94. The van der Waals surface area contributed by atoms with Gasteiger partial charge in [-0.2, -0.15) is 0 Å². The summed E-state index contributed by atoms with van der Waals surface area (Å²) in [6.45, 7) is 9.62. The Morgan fingerprint density at radius 1 is 0.289 bits per heavy atom. The molecule has 0 saturated heterocycles. The average Bonchev–Trinajstić information content (AvgIpc) is 1.39. The number of rotatable bonds is 77. The fourth-order valence-electron chi connectivity index (χ4n) is 11.9. The minimum Gasteiger partial charge on any atom is -0.462 e. The molecule has 0 aromatic heterocycles. The number of aliphatic hydroxyl groups excluding tert-OH is 1. The number of hydrogen-bond acceptors (Lipinski definition) is 15. The van der Waals surface area contributed by atoms with Crippen LogP contribution < -0.4 is 0 Å². The number of unbranched alkanes of at least 4 members (excludes halogenated alkanes) is 45. The lowest BCUT2D eigenvalue weighted by Crippen LogP contribution is -2.30. The second kappa shape index (κ2) is 69.8. The topological polar surface area (TPSA) is 237 Å². The van der Waals surface area contributed by atoms with Gasteiger partial charge in [0.05, 0.1) is 26.4 Å². The first-order valence-electron chi connectivity index (χ1n) is 40.6. The summed E-state index contributed by atoms with van der Waals surface area (Å²) in [5.74, 6) is -0.566. The molecule has 7 atom stereocenters. The molecule has 4 unspecified atom stereocenters. The molecule has 0 aliphatic heterocycles. The highest BCUT2D eigenvalue weighted by Gasteiger charge is 2.30. The van der Waals surface area contributed by atoms with Crippen molar-refractivity contribution < 1.29 is 80.2 Å². The SMILES string of the molecule is CCCCCCCCCCCCCCCCCCCC(=O)O[C@H](COC(=O)CCCCCCCCCCCCCCCCCC)COP(=O)(O)OC[C@@H](O)COP(=O)(O)OC[C@@H](COC(=O)CCCCCCCCCCC(C)CC)OC(=O)CCCCCCCCCCC(C)CC. The predicted molar refractivity (Wildman–Crippen MR) is 395 cm³/mol. The Balaban J connectivity index is 5.26. The van der Waals surface area contributed by atoms with Crippen LogP contribution in [0.5, 0.6) is 0 Å². The van der Waals surface area contributed by atoms with E-state index in [4.69, 9.17) is 37.0 Å². The predicted octanol–water partition coefficient (Wildman–Crippen LogP) is 23.1. The van der Waals surface area contributed by atoms with Crippen molar-refractivity contribution in [1.29, 1.82) is 0 Å². The van der Waals surface area contributed by atoms with Crippen molar-refractivity contribution in [3.8, 4) is 0 Å². The van der Waals surface area contributed by atoms with Gasteiger partial charge >= 0.3 is 39.5 Å². The van der Waals surface area contributed by atoms with Crippen molar-refractivity contribution in [2.75, 3.05) is 39.6 Å². The van der Waals surface area contributed by atoms with Crippen LogP contribution in [-0.2, 0) is 65.4 Å². The number of hydrogen-bond donors (Lipinski definition) is 3. The Kier molecular flexibility index (Phi) is 68.4. The quantitative estimate of drug-likeness (QED) is 0.0222. The molecule has 576 valence electrons. The number of aliphatic hydroxyl groups is 1. The van der Waals surface area contributed by atoms with E-state index in [1.807, 2.05) is 0 Å². The van der Waals surface area contributed by atoms with Crippen molar-refractivity contribution in [1.82, 2.24) is 0 Å². The largest absolute Gasteiger partial charge is 0.472 e. The molecule has 0 rings (SSSR count). The van der Waals surface area contributed by atoms with Crippen LogP contribution in [0.4, 0.5) is 0 Å². The Morgan fingerprint density at radius 3 is 0.732 bits per heavy atom. The van der Waals surface area contributed by atoms with E-state index in [0.717, 1.165) is 102 Å². The van der Waals surface area contributed by atoms with E-state index in [9.17, 15) is 43.2 Å². The van der Waals surface area contributed by atoms with Crippen LogP contribution in [0, 0.1) is 11.8 Å². The van der Waals surface area contributed by atoms with Crippen LogP contribution in [0.15, 0.2) is 0 Å². The molecular formula is C78H152O17P2. The second-order valence-corrected chi connectivity index (χ2v) is 31.5. The van der Waals surface area contributed by atoms with Gasteiger partial charge in [-0.25, -0.2) is 9.13 Å². The van der Waals surface area contributed by atoms with Crippen LogP contribution in [0.2, 0.25) is 0 Å². The molecule has 0 heterocycles. The van der Waals surface area contributed by atoms with E-state index in [0.29, 0.717) is 25.7 Å². The zero-order valence-corrected chi connectivity index (χ0v) is 65.2. The maximum absolute atomic E-state index is 13.1. The second-order valence-electron chi connectivity index (χ2n) is 28.6. The van der Waals surface area contributed by atoms with E-state index >= 15 is 0 Å². The van der Waals surface area contributed by atoms with Crippen molar-refractivity contribution in [2.45, 2.75) is 426 Å². The number of phosphoric ester groups is 2. The molecule has 3 N–H and O–H groups in total. The van der Waals surface area contributed by atoms with Crippen molar-refractivity contribution in [3.05, 3.63) is 0 Å². The highest BCUT2D eigenvalue weighted by molar-refractivity contribution is 7.47. The Morgan fingerprint density at radius 2 is 0.495 bits per heavy atom. The molecular weight excluding hydrogens is 1270 g/mol. The monoisotopic (exact) mass is 1420 g/mol. The van der Waals surface area contributed by atoms with Crippen molar-refractivity contribution in [3.63, 3.8) is 0 Å². The van der Waals surface area contributed by atoms with Crippen LogP contribution in [0.1, 0.15) is 408 Å². The van der Waals surface area contributed by atoms with Gasteiger partial charge in [-0.1, -0.05) is 356 Å². The fourth-order valence-corrected chi connectivity index (χ4v) is 13.5. The molecule has 19 heteroatoms. The number of carbonyl (C=O) groups excluding carboxylic acids is 4. The smallest absolute Gasteiger partial charge is 0.462 e. The van der Waals surface area contributed by atoms with Crippen LogP contribution >= 0.6 is 15.6 Å². The molecule has 0 bridgehead atoms. The Labute approximate surface area is 594 Å². The maximum Gasteiger partial charge on any atom is 0.472 e. The first kappa shape index (κ1) is 95.1. The molecule has 0 aliphatic carbocycles. The van der Waals surface area contributed by atoms with Gasteiger partial charge in [0.25, 0.3) is 0 Å². The summed E-state index contributed by atoms with van der Waals surface area (Å²) in [5.41, 5.74) is 0. The third kappa shape index (κ3) is 69.5. The van der Waals surface area contributed by atoms with E-state index in [2.05, 4.69) is 41.5 Å².